The van der Waals surface area contributed by atoms with Crippen LogP contribution in [0, 0.1) is 5.82 Å². The predicted molar refractivity (Wildman–Crippen MR) is 194 cm³/mol. The van der Waals surface area contributed by atoms with Crippen LogP contribution in [0.15, 0.2) is 64.2 Å². The zero-order valence-corrected chi connectivity index (χ0v) is 29.4. The maximum atomic E-state index is 14.7. The number of nitrogens with one attached hydrogen (secondary N) is 2. The van der Waals surface area contributed by atoms with Gasteiger partial charge in [0.25, 0.3) is 0 Å². The summed E-state index contributed by atoms with van der Waals surface area (Å²) in [5.74, 6) is -0.424. The topological polar surface area (TPSA) is 145 Å². The van der Waals surface area contributed by atoms with Crippen molar-refractivity contribution in [2.24, 2.45) is 0 Å². The monoisotopic (exact) mass is 718 g/mol. The SMILES string of the molecule is CCn1c(=O)n(CC(=O)N2CCOC3(CCN(Cc4cc(F)cc(CCNC[C@H](O)c5ccc(O)c6[nH]c(=O)sc56)c4)CC3)C2)c2ccccc21. The highest BCUT2D eigenvalue weighted by atomic mass is 32.1. The van der Waals surface area contributed by atoms with Gasteiger partial charge in [0, 0.05) is 51.4 Å². The molecule has 0 aliphatic carbocycles. The van der Waals surface area contributed by atoms with Gasteiger partial charge in [-0.1, -0.05) is 35.6 Å². The average molecular weight is 719 g/mol. The number of aryl methyl sites for hydroxylation is 1. The van der Waals surface area contributed by atoms with Gasteiger partial charge in [-0.3, -0.25) is 23.6 Å². The van der Waals surface area contributed by atoms with Crippen molar-refractivity contribution in [3.63, 3.8) is 0 Å². The van der Waals surface area contributed by atoms with Crippen molar-refractivity contribution in [1.29, 1.82) is 0 Å². The Morgan fingerprint density at radius 2 is 1.80 bits per heavy atom. The molecule has 2 saturated heterocycles. The summed E-state index contributed by atoms with van der Waals surface area (Å²) < 4.78 is 24.8. The van der Waals surface area contributed by atoms with Crippen molar-refractivity contribution in [2.75, 3.05) is 45.9 Å². The highest BCUT2D eigenvalue weighted by molar-refractivity contribution is 7.16. The molecule has 270 valence electrons. The summed E-state index contributed by atoms with van der Waals surface area (Å²) in [6.07, 6.45) is 1.16. The molecule has 12 nitrogen and oxygen atoms in total. The number of phenols is 1. The van der Waals surface area contributed by atoms with Crippen molar-refractivity contribution < 1.29 is 24.1 Å². The van der Waals surface area contributed by atoms with Gasteiger partial charge in [-0.05, 0) is 74.2 Å². The fourth-order valence-corrected chi connectivity index (χ4v) is 8.46. The van der Waals surface area contributed by atoms with Crippen LogP contribution in [-0.2, 0) is 35.6 Å². The number of likely N-dealkylation sites (tertiary alicyclic amines) is 1. The van der Waals surface area contributed by atoms with Crippen LogP contribution in [0.5, 0.6) is 5.75 Å². The van der Waals surface area contributed by atoms with Gasteiger partial charge >= 0.3 is 10.6 Å². The summed E-state index contributed by atoms with van der Waals surface area (Å²) in [4.78, 5) is 44.9. The Bertz CT molecular complexity index is 2170. The van der Waals surface area contributed by atoms with Gasteiger partial charge in [0.2, 0.25) is 5.91 Å². The van der Waals surface area contributed by atoms with Crippen molar-refractivity contribution in [1.82, 2.24) is 29.2 Å². The third-order valence-corrected chi connectivity index (χ3v) is 11.1. The van der Waals surface area contributed by atoms with Gasteiger partial charge in [-0.25, -0.2) is 9.18 Å². The molecule has 4 N–H and O–H groups in total. The smallest absolute Gasteiger partial charge is 0.329 e. The van der Waals surface area contributed by atoms with Crippen LogP contribution in [0.1, 0.15) is 42.6 Å². The molecule has 4 heterocycles. The van der Waals surface area contributed by atoms with E-state index in [2.05, 4.69) is 15.2 Å². The summed E-state index contributed by atoms with van der Waals surface area (Å²) >= 11 is 0.946. The van der Waals surface area contributed by atoms with E-state index in [0.29, 0.717) is 61.5 Å². The van der Waals surface area contributed by atoms with E-state index in [1.54, 1.807) is 21.3 Å². The highest BCUT2D eigenvalue weighted by Gasteiger charge is 2.41. The van der Waals surface area contributed by atoms with E-state index in [9.17, 15) is 29.0 Å². The first kappa shape index (κ1) is 35.1. The number of aromatic hydroxyl groups is 1. The molecule has 3 aromatic carbocycles. The number of aliphatic hydroxyl groups is 1. The lowest BCUT2D eigenvalue weighted by Crippen LogP contribution is -2.58. The second-order valence-corrected chi connectivity index (χ2v) is 14.5. The van der Waals surface area contributed by atoms with E-state index < -0.39 is 11.7 Å². The molecule has 0 saturated carbocycles. The lowest BCUT2D eigenvalue weighted by atomic mass is 9.89. The van der Waals surface area contributed by atoms with Gasteiger partial charge < -0.3 is 30.2 Å². The number of morpholine rings is 1. The number of imidazole rings is 1. The number of nitrogens with zero attached hydrogens (tertiary/aromatic N) is 4. The van der Waals surface area contributed by atoms with Crippen LogP contribution in [0.4, 0.5) is 4.39 Å². The maximum Gasteiger partial charge on any atom is 0.329 e. The Morgan fingerprint density at radius 1 is 1.06 bits per heavy atom. The molecular formula is C37H43FN6O6S. The number of thiazole rings is 1. The average Bonchev–Trinajstić information content (AvgIpc) is 3.64. The quantitative estimate of drug-likeness (QED) is 0.152. The van der Waals surface area contributed by atoms with E-state index in [0.717, 1.165) is 59.4 Å². The molecule has 2 aliphatic rings. The molecule has 2 aromatic heterocycles. The predicted octanol–water partition coefficient (Wildman–Crippen LogP) is 3.33. The number of para-hydroxylation sites is 2. The Balaban J connectivity index is 0.908. The van der Waals surface area contributed by atoms with Crippen LogP contribution < -0.4 is 15.9 Å². The summed E-state index contributed by atoms with van der Waals surface area (Å²) in [6, 6.07) is 15.7. The highest BCUT2D eigenvalue weighted by Crippen LogP contribution is 2.32. The van der Waals surface area contributed by atoms with Gasteiger partial charge in [0.15, 0.2) is 0 Å². The molecule has 5 aromatic rings. The van der Waals surface area contributed by atoms with Crippen LogP contribution in [0.25, 0.3) is 21.3 Å². The zero-order chi connectivity index (χ0) is 35.7. The number of benzene rings is 3. The van der Waals surface area contributed by atoms with Crippen LogP contribution in [-0.4, -0.2) is 91.5 Å². The maximum absolute atomic E-state index is 14.7. The number of carbonyl (C=O) groups excluding carboxylic acids is 1. The normalized spacial score (nSPS) is 17.1. The molecule has 0 unspecified atom stereocenters. The number of hydrogen-bond acceptors (Lipinski definition) is 9. The molecule has 0 bridgehead atoms. The molecule has 2 fully saturated rings. The molecule has 51 heavy (non-hydrogen) atoms. The lowest BCUT2D eigenvalue weighted by Gasteiger charge is -2.47. The summed E-state index contributed by atoms with van der Waals surface area (Å²) in [7, 11) is 0. The van der Waals surface area contributed by atoms with Gasteiger partial charge in [-0.15, -0.1) is 0 Å². The van der Waals surface area contributed by atoms with Crippen LogP contribution in [0.2, 0.25) is 0 Å². The van der Waals surface area contributed by atoms with Gasteiger partial charge in [-0.2, -0.15) is 0 Å². The molecule has 7 rings (SSSR count). The molecule has 14 heteroatoms. The fraction of sp³-hybridized carbons (Fsp3) is 0.432. The van der Waals surface area contributed by atoms with E-state index in [-0.39, 0.29) is 41.1 Å². The third kappa shape index (κ3) is 7.37. The minimum Gasteiger partial charge on any atom is -0.506 e. The first-order valence-corrected chi connectivity index (χ1v) is 18.3. The number of piperidine rings is 1. The molecule has 1 amide bonds. The Hall–Kier alpha value is -4.34. The Kier molecular flexibility index (Phi) is 10.1. The van der Waals surface area contributed by atoms with Crippen LogP contribution >= 0.6 is 11.3 Å². The van der Waals surface area contributed by atoms with E-state index in [4.69, 9.17) is 4.74 Å². The fourth-order valence-electron chi connectivity index (χ4n) is 7.54. The number of amides is 1. The van der Waals surface area contributed by atoms with Gasteiger partial charge in [0.1, 0.15) is 23.6 Å². The summed E-state index contributed by atoms with van der Waals surface area (Å²) in [5, 5.41) is 24.0. The van der Waals surface area contributed by atoms with E-state index in [1.807, 2.05) is 42.2 Å². The standard InChI is InChI=1S/C37H43FN6O6S/c1-2-43-28-5-3-4-6-29(28)44(36(43)49)22-32(47)42-15-16-50-37(23-42)10-13-41(14-11-37)21-25-17-24(18-26(38)19-25)9-12-39-20-31(46)27-7-8-30(45)33-34(27)51-35(48)40-33/h3-8,17-19,31,39,45-46H,2,9-16,20-23H2,1H3,(H,40,48)/t31-/m0/s1. The number of hydrogen-bond donors (Lipinski definition) is 4. The zero-order valence-electron chi connectivity index (χ0n) is 28.6. The van der Waals surface area contributed by atoms with Crippen molar-refractivity contribution >= 4 is 38.5 Å². The second kappa shape index (κ2) is 14.7. The molecular weight excluding hydrogens is 676 g/mol. The van der Waals surface area contributed by atoms with Gasteiger partial charge in [0.05, 0.1) is 34.0 Å². The number of phenolic OH excluding ortho intramolecular Hbond substituents is 1. The molecule has 0 radical (unpaired) electrons. The number of aromatic amines is 1. The first-order chi connectivity index (χ1) is 24.6. The van der Waals surface area contributed by atoms with E-state index >= 15 is 0 Å². The van der Waals surface area contributed by atoms with Crippen molar-refractivity contribution in [3.8, 4) is 5.75 Å². The first-order valence-electron chi connectivity index (χ1n) is 17.5. The summed E-state index contributed by atoms with van der Waals surface area (Å²) in [5.41, 5.74) is 3.58. The number of carbonyl (C=O) groups is 1. The number of fused-ring (bicyclic) bond motifs is 2. The number of ether oxygens (including phenoxy) is 1. The molecule has 2 aliphatic heterocycles. The number of rotatable bonds is 11. The Morgan fingerprint density at radius 3 is 2.57 bits per heavy atom. The largest absolute Gasteiger partial charge is 0.506 e. The number of aromatic nitrogens is 3. The third-order valence-electron chi connectivity index (χ3n) is 10.2. The number of halogens is 1. The molecule has 1 atom stereocenters. The second-order valence-electron chi connectivity index (χ2n) is 13.6. The summed E-state index contributed by atoms with van der Waals surface area (Å²) in [6.45, 7) is 6.70. The van der Waals surface area contributed by atoms with Crippen LogP contribution in [0.3, 0.4) is 0 Å². The molecule has 1 spiro atoms. The Labute approximate surface area is 297 Å². The lowest BCUT2D eigenvalue weighted by molar-refractivity contribution is -0.160. The van der Waals surface area contributed by atoms with Crippen molar-refractivity contribution in [2.45, 2.75) is 57.5 Å². The number of aliphatic hydroxyl groups excluding tert-OH is 1. The van der Waals surface area contributed by atoms with E-state index in [1.165, 1.54) is 12.1 Å². The van der Waals surface area contributed by atoms with Crippen molar-refractivity contribution in [3.05, 3.63) is 97.3 Å². The number of H-pyrrole nitrogens is 1. The minimum absolute atomic E-state index is 0.00815. The minimum atomic E-state index is -0.887.